The van der Waals surface area contributed by atoms with Crippen molar-refractivity contribution < 1.29 is 27.6 Å². The number of nitrogens with two attached hydrogens (primary N) is 1. The summed E-state index contributed by atoms with van der Waals surface area (Å²) in [5.41, 5.74) is 6.39. The van der Waals surface area contributed by atoms with Crippen molar-refractivity contribution in [3.05, 3.63) is 76.0 Å². The van der Waals surface area contributed by atoms with Crippen LogP contribution in [0, 0.1) is 0 Å². The van der Waals surface area contributed by atoms with Crippen molar-refractivity contribution in [3.63, 3.8) is 0 Å². The van der Waals surface area contributed by atoms with Crippen LogP contribution in [0.3, 0.4) is 0 Å². The van der Waals surface area contributed by atoms with Crippen LogP contribution in [-0.2, 0) is 17.9 Å². The molecular weight excluding hydrogens is 560 g/mol. The highest BCUT2D eigenvalue weighted by atomic mass is 32.1. The molecule has 1 aromatic carbocycles. The van der Waals surface area contributed by atoms with Gasteiger partial charge in [0.15, 0.2) is 11.4 Å². The van der Waals surface area contributed by atoms with E-state index in [2.05, 4.69) is 30.5 Å². The summed E-state index contributed by atoms with van der Waals surface area (Å²) in [5.74, 6) is 0.559. The van der Waals surface area contributed by atoms with Gasteiger partial charge >= 0.3 is 6.61 Å². The smallest absolute Gasteiger partial charge is 0.387 e. The molecule has 1 amide bonds. The van der Waals surface area contributed by atoms with Gasteiger partial charge in [0.1, 0.15) is 42.8 Å². The van der Waals surface area contributed by atoms with Crippen LogP contribution >= 0.6 is 11.3 Å². The second kappa shape index (κ2) is 10.8. The number of nitrogens with one attached hydrogen (secondary N) is 2. The number of anilines is 2. The lowest BCUT2D eigenvalue weighted by molar-refractivity contribution is -0.121. The van der Waals surface area contributed by atoms with E-state index in [4.69, 9.17) is 15.0 Å². The highest BCUT2D eigenvalue weighted by Crippen LogP contribution is 2.32. The van der Waals surface area contributed by atoms with Crippen LogP contribution in [0.1, 0.15) is 16.7 Å². The lowest BCUT2D eigenvalue weighted by Crippen LogP contribution is -2.36. The summed E-state index contributed by atoms with van der Waals surface area (Å²) in [4.78, 5) is 34.9. The van der Waals surface area contributed by atoms with Crippen molar-refractivity contribution in [2.75, 3.05) is 17.7 Å². The SMILES string of the molecule is Nc1cc2sc(CNC(=O)Cn3cnc4c(c3=O)N[C@H](c3cc(-c5ccc(OC(F)F)cc5)no3)CO4)cc2cn1. The van der Waals surface area contributed by atoms with Crippen molar-refractivity contribution in [3.8, 4) is 22.9 Å². The minimum absolute atomic E-state index is 0.0205. The third kappa shape index (κ3) is 5.65. The molecule has 5 heterocycles. The van der Waals surface area contributed by atoms with Gasteiger partial charge in [-0.1, -0.05) is 5.16 Å². The first kappa shape index (κ1) is 26.2. The monoisotopic (exact) mass is 581 g/mol. The molecule has 1 aliphatic heterocycles. The number of fused-ring (bicyclic) bond motifs is 2. The van der Waals surface area contributed by atoms with Crippen LogP contribution < -0.4 is 31.4 Å². The van der Waals surface area contributed by atoms with Crippen molar-refractivity contribution in [2.45, 2.75) is 25.7 Å². The number of ether oxygens (including phenoxy) is 2. The minimum atomic E-state index is -2.92. The number of nitrogen functional groups attached to an aromatic ring is 1. The van der Waals surface area contributed by atoms with Crippen LogP contribution in [0.15, 0.2) is 64.3 Å². The zero-order valence-electron chi connectivity index (χ0n) is 21.0. The van der Waals surface area contributed by atoms with Crippen molar-refractivity contribution in [1.82, 2.24) is 25.0 Å². The topological polar surface area (TPSA) is 159 Å². The molecule has 0 saturated heterocycles. The van der Waals surface area contributed by atoms with Gasteiger partial charge in [-0.25, -0.2) is 9.97 Å². The molecule has 1 atom stereocenters. The van der Waals surface area contributed by atoms with Gasteiger partial charge in [-0.05, 0) is 36.4 Å². The number of halogens is 2. The lowest BCUT2D eigenvalue weighted by atomic mass is 10.1. The van der Waals surface area contributed by atoms with Gasteiger partial charge < -0.3 is 30.4 Å². The summed E-state index contributed by atoms with van der Waals surface area (Å²) >= 11 is 1.49. The van der Waals surface area contributed by atoms with E-state index in [1.54, 1.807) is 30.5 Å². The number of nitrogens with zero attached hydrogens (tertiary/aromatic N) is 4. The average Bonchev–Trinajstić information content (AvgIpc) is 3.61. The standard InChI is InChI=1S/C26H21F2N7O5S/c27-26(28)39-15-3-1-13(2-4-15)17-6-19(40-34-17)18-11-38-24-23(33-18)25(37)35(12-32-24)10-22(36)31-9-16-5-14-8-30-21(29)7-20(14)41-16/h1-8,12,18,26,33H,9-11H2,(H2,29,30)(H,31,36)/t18-/m0/s1. The number of benzene rings is 1. The van der Waals surface area contributed by atoms with Crippen LogP contribution in [-0.4, -0.2) is 38.8 Å². The molecule has 210 valence electrons. The van der Waals surface area contributed by atoms with E-state index in [1.165, 1.54) is 34.4 Å². The summed E-state index contributed by atoms with van der Waals surface area (Å²) in [6, 6.07) is 10.7. The zero-order chi connectivity index (χ0) is 28.5. The lowest BCUT2D eigenvalue weighted by Gasteiger charge is -2.24. The fourth-order valence-electron chi connectivity index (χ4n) is 4.23. The second-order valence-electron chi connectivity index (χ2n) is 9.02. The van der Waals surface area contributed by atoms with Crippen molar-refractivity contribution >= 4 is 38.8 Å². The summed E-state index contributed by atoms with van der Waals surface area (Å²) in [6.45, 7) is -2.78. The van der Waals surface area contributed by atoms with E-state index in [0.29, 0.717) is 22.8 Å². The fourth-order valence-corrected chi connectivity index (χ4v) is 5.26. The molecular formula is C26H21F2N7O5S. The minimum Gasteiger partial charge on any atom is -0.473 e. The van der Waals surface area contributed by atoms with Crippen LogP contribution in [0.2, 0.25) is 0 Å². The highest BCUT2D eigenvalue weighted by molar-refractivity contribution is 7.19. The van der Waals surface area contributed by atoms with E-state index < -0.39 is 18.2 Å². The predicted molar refractivity (Wildman–Crippen MR) is 145 cm³/mol. The number of pyridine rings is 1. The summed E-state index contributed by atoms with van der Waals surface area (Å²) in [6.07, 6.45) is 2.93. The number of carbonyl (C=O) groups is 1. The quantitative estimate of drug-likeness (QED) is 0.247. The van der Waals surface area contributed by atoms with Gasteiger partial charge in [0.05, 0.1) is 6.54 Å². The normalized spacial score (nSPS) is 14.4. The molecule has 6 rings (SSSR count). The molecule has 5 aromatic rings. The summed E-state index contributed by atoms with van der Waals surface area (Å²) in [7, 11) is 0. The number of thiophene rings is 1. The predicted octanol–water partition coefficient (Wildman–Crippen LogP) is 3.55. The van der Waals surface area contributed by atoms with Gasteiger partial charge in [0, 0.05) is 32.8 Å². The fraction of sp³-hybridized carbons (Fsp3) is 0.192. The number of alkyl halides is 2. The Hall–Kier alpha value is -5.05. The van der Waals surface area contributed by atoms with E-state index in [0.717, 1.165) is 15.0 Å². The number of hydrogen-bond acceptors (Lipinski definition) is 11. The third-order valence-corrected chi connectivity index (χ3v) is 7.30. The third-order valence-electron chi connectivity index (χ3n) is 6.20. The molecule has 4 N–H and O–H groups in total. The maximum atomic E-state index is 13.2. The van der Waals surface area contributed by atoms with Gasteiger partial charge in [-0.15, -0.1) is 11.3 Å². The molecule has 0 fully saturated rings. The summed E-state index contributed by atoms with van der Waals surface area (Å²) < 4.78 is 42.4. The van der Waals surface area contributed by atoms with Gasteiger partial charge in [-0.3, -0.25) is 14.2 Å². The molecule has 1 aliphatic rings. The Balaban J connectivity index is 1.11. The van der Waals surface area contributed by atoms with Crippen LogP contribution in [0.25, 0.3) is 21.3 Å². The molecule has 4 aromatic heterocycles. The molecule has 0 radical (unpaired) electrons. The van der Waals surface area contributed by atoms with Gasteiger partial charge in [-0.2, -0.15) is 8.78 Å². The Labute approximate surface area is 233 Å². The molecule has 0 bridgehead atoms. The number of carbonyl (C=O) groups excluding carboxylic acids is 1. The Morgan fingerprint density at radius 3 is 2.88 bits per heavy atom. The number of rotatable bonds is 8. The highest BCUT2D eigenvalue weighted by Gasteiger charge is 2.28. The van der Waals surface area contributed by atoms with Crippen molar-refractivity contribution in [2.24, 2.45) is 0 Å². The average molecular weight is 582 g/mol. The van der Waals surface area contributed by atoms with Gasteiger partial charge in [0.25, 0.3) is 5.56 Å². The van der Waals surface area contributed by atoms with Gasteiger partial charge in [0.2, 0.25) is 11.8 Å². The van der Waals surface area contributed by atoms with Crippen LogP contribution in [0.5, 0.6) is 11.6 Å². The Bertz CT molecular complexity index is 1790. The molecule has 0 saturated carbocycles. The molecule has 0 aliphatic carbocycles. The van der Waals surface area contributed by atoms with Crippen LogP contribution in [0.4, 0.5) is 20.3 Å². The number of aromatic nitrogens is 4. The number of amides is 1. The van der Waals surface area contributed by atoms with E-state index >= 15 is 0 Å². The molecule has 12 nitrogen and oxygen atoms in total. The summed E-state index contributed by atoms with van der Waals surface area (Å²) in [5, 5.41) is 10.8. The first-order valence-electron chi connectivity index (χ1n) is 12.2. The maximum absolute atomic E-state index is 13.2. The zero-order valence-corrected chi connectivity index (χ0v) is 21.9. The van der Waals surface area contributed by atoms with Crippen molar-refractivity contribution in [1.29, 1.82) is 0 Å². The van der Waals surface area contributed by atoms with E-state index in [9.17, 15) is 18.4 Å². The Morgan fingerprint density at radius 2 is 2.07 bits per heavy atom. The first-order valence-corrected chi connectivity index (χ1v) is 13.1. The Kier molecular flexibility index (Phi) is 6.93. The second-order valence-corrected chi connectivity index (χ2v) is 10.2. The largest absolute Gasteiger partial charge is 0.473 e. The number of hydrogen-bond donors (Lipinski definition) is 3. The molecule has 41 heavy (non-hydrogen) atoms. The molecule has 15 heteroatoms. The van der Waals surface area contributed by atoms with E-state index in [1.807, 2.05) is 6.07 Å². The first-order chi connectivity index (χ1) is 19.8. The molecule has 0 spiro atoms. The Morgan fingerprint density at radius 1 is 1.24 bits per heavy atom. The van der Waals surface area contributed by atoms with E-state index in [-0.39, 0.29) is 42.9 Å². The molecule has 0 unspecified atom stereocenters. The maximum Gasteiger partial charge on any atom is 0.387 e.